The van der Waals surface area contributed by atoms with Crippen molar-refractivity contribution in [1.82, 2.24) is 20.2 Å². The van der Waals surface area contributed by atoms with Crippen LogP contribution in [0.25, 0.3) is 11.4 Å². The van der Waals surface area contributed by atoms with Gasteiger partial charge in [-0.05, 0) is 28.6 Å². The summed E-state index contributed by atoms with van der Waals surface area (Å²) < 4.78 is 50.4. The summed E-state index contributed by atoms with van der Waals surface area (Å²) in [5, 5.41) is 10.4. The van der Waals surface area contributed by atoms with Gasteiger partial charge in [0.15, 0.2) is 5.82 Å². The lowest BCUT2D eigenvalue weighted by atomic mass is 10.1. The molecule has 0 spiro atoms. The summed E-state index contributed by atoms with van der Waals surface area (Å²) in [6.45, 7) is -0.428. The highest BCUT2D eigenvalue weighted by molar-refractivity contribution is 5.71. The fraction of sp³-hybridized carbons (Fsp3) is 0.300. The van der Waals surface area contributed by atoms with Gasteiger partial charge in [-0.3, -0.25) is 0 Å². The first-order valence-electron chi connectivity index (χ1n) is 5.25. The van der Waals surface area contributed by atoms with Crippen molar-refractivity contribution in [2.75, 3.05) is 5.73 Å². The number of nitrogens with zero attached hydrogens (tertiary/aromatic N) is 4. The maximum Gasteiger partial charge on any atom is 0.390 e. The second kappa shape index (κ2) is 4.82. The molecule has 0 aliphatic carbocycles. The average molecular weight is 275 g/mol. The SMILES string of the molecule is Nc1cc(F)ccc1-c1nnnn1CCC(F)(F)F. The minimum absolute atomic E-state index is 0.0584. The molecule has 0 atom stereocenters. The van der Waals surface area contributed by atoms with E-state index >= 15 is 0 Å². The molecule has 19 heavy (non-hydrogen) atoms. The lowest BCUT2D eigenvalue weighted by Gasteiger charge is -2.08. The average Bonchev–Trinajstić information content (AvgIpc) is 2.73. The molecule has 0 aliphatic rings. The third kappa shape index (κ3) is 3.18. The van der Waals surface area contributed by atoms with E-state index in [2.05, 4.69) is 15.5 Å². The van der Waals surface area contributed by atoms with Gasteiger partial charge < -0.3 is 5.73 Å². The zero-order valence-electron chi connectivity index (χ0n) is 9.52. The molecular weight excluding hydrogens is 266 g/mol. The van der Waals surface area contributed by atoms with Gasteiger partial charge in [0.1, 0.15) is 5.82 Å². The number of hydrogen-bond donors (Lipinski definition) is 1. The summed E-state index contributed by atoms with van der Waals surface area (Å²) >= 11 is 0. The Hall–Kier alpha value is -2.19. The fourth-order valence-electron chi connectivity index (χ4n) is 1.52. The minimum atomic E-state index is -4.31. The van der Waals surface area contributed by atoms with E-state index < -0.39 is 25.0 Å². The van der Waals surface area contributed by atoms with Gasteiger partial charge in [-0.15, -0.1) is 5.10 Å². The van der Waals surface area contributed by atoms with E-state index in [1.165, 1.54) is 6.07 Å². The first kappa shape index (κ1) is 13.2. The molecule has 0 bridgehead atoms. The lowest BCUT2D eigenvalue weighted by Crippen LogP contribution is -2.14. The number of nitrogen functional groups attached to an aromatic ring is 1. The number of nitrogens with two attached hydrogens (primary N) is 1. The Morgan fingerprint density at radius 2 is 2.00 bits per heavy atom. The van der Waals surface area contributed by atoms with E-state index in [9.17, 15) is 17.6 Å². The van der Waals surface area contributed by atoms with Crippen LogP contribution in [0.1, 0.15) is 6.42 Å². The van der Waals surface area contributed by atoms with Gasteiger partial charge in [0.05, 0.1) is 13.0 Å². The van der Waals surface area contributed by atoms with E-state index in [1.807, 2.05) is 0 Å². The molecule has 2 N–H and O–H groups in total. The molecule has 2 rings (SSSR count). The second-order valence-corrected chi connectivity index (χ2v) is 3.82. The van der Waals surface area contributed by atoms with Crippen molar-refractivity contribution in [2.45, 2.75) is 19.1 Å². The second-order valence-electron chi connectivity index (χ2n) is 3.82. The Balaban J connectivity index is 2.28. The van der Waals surface area contributed by atoms with Gasteiger partial charge in [-0.1, -0.05) is 0 Å². The summed E-state index contributed by atoms with van der Waals surface area (Å²) in [6, 6.07) is 3.51. The quantitative estimate of drug-likeness (QED) is 0.687. The number of halogens is 4. The van der Waals surface area contributed by atoms with Crippen molar-refractivity contribution < 1.29 is 17.6 Å². The predicted octanol–water partition coefficient (Wildman–Crippen LogP) is 2.01. The highest BCUT2D eigenvalue weighted by Crippen LogP contribution is 2.26. The Morgan fingerprint density at radius 1 is 1.26 bits per heavy atom. The van der Waals surface area contributed by atoms with E-state index in [0.29, 0.717) is 0 Å². The molecule has 0 saturated heterocycles. The molecule has 0 unspecified atom stereocenters. The van der Waals surface area contributed by atoms with Crippen LogP contribution >= 0.6 is 0 Å². The Morgan fingerprint density at radius 3 is 2.63 bits per heavy atom. The highest BCUT2D eigenvalue weighted by Gasteiger charge is 2.27. The van der Waals surface area contributed by atoms with Crippen LogP contribution in [0.15, 0.2) is 18.2 Å². The molecule has 5 nitrogen and oxygen atoms in total. The monoisotopic (exact) mass is 275 g/mol. The van der Waals surface area contributed by atoms with Crippen molar-refractivity contribution in [2.24, 2.45) is 0 Å². The van der Waals surface area contributed by atoms with Crippen LogP contribution in [0.4, 0.5) is 23.2 Å². The number of rotatable bonds is 3. The zero-order chi connectivity index (χ0) is 14.0. The fourth-order valence-corrected chi connectivity index (χ4v) is 1.52. The standard InChI is InChI=1S/C10H9F4N5/c11-6-1-2-7(8(15)5-6)9-16-17-18-19(9)4-3-10(12,13)14/h1-2,5H,3-4,15H2. The van der Waals surface area contributed by atoms with Crippen molar-refractivity contribution >= 4 is 5.69 Å². The molecule has 0 fully saturated rings. The van der Waals surface area contributed by atoms with Crippen molar-refractivity contribution in [3.8, 4) is 11.4 Å². The number of benzene rings is 1. The summed E-state index contributed by atoms with van der Waals surface area (Å²) in [6.07, 6.45) is -5.37. The number of tetrazole rings is 1. The molecule has 2 aromatic rings. The minimum Gasteiger partial charge on any atom is -0.398 e. The van der Waals surface area contributed by atoms with Crippen LogP contribution in [0.3, 0.4) is 0 Å². The molecule has 0 aliphatic heterocycles. The Kier molecular flexibility index (Phi) is 3.36. The summed E-state index contributed by atoms with van der Waals surface area (Å²) in [5.41, 5.74) is 5.94. The Labute approximate surface area is 105 Å². The lowest BCUT2D eigenvalue weighted by molar-refractivity contribution is -0.137. The smallest absolute Gasteiger partial charge is 0.390 e. The van der Waals surface area contributed by atoms with Crippen molar-refractivity contribution in [3.05, 3.63) is 24.0 Å². The molecule has 0 saturated carbocycles. The molecule has 1 aromatic heterocycles. The highest BCUT2D eigenvalue weighted by atomic mass is 19.4. The van der Waals surface area contributed by atoms with Crippen molar-refractivity contribution in [3.63, 3.8) is 0 Å². The Bertz CT molecular complexity index is 578. The third-order valence-corrected chi connectivity index (χ3v) is 2.39. The molecular formula is C10H9F4N5. The van der Waals surface area contributed by atoms with E-state index in [1.54, 1.807) is 0 Å². The van der Waals surface area contributed by atoms with Crippen LogP contribution in [-0.4, -0.2) is 26.4 Å². The van der Waals surface area contributed by atoms with Crippen LogP contribution in [0.2, 0.25) is 0 Å². The van der Waals surface area contributed by atoms with Crippen molar-refractivity contribution in [1.29, 1.82) is 0 Å². The molecule has 0 amide bonds. The largest absolute Gasteiger partial charge is 0.398 e. The summed E-state index contributed by atoms with van der Waals surface area (Å²) in [4.78, 5) is 0. The maximum absolute atomic E-state index is 12.9. The number of aryl methyl sites for hydroxylation is 1. The molecule has 1 heterocycles. The van der Waals surface area contributed by atoms with E-state index in [-0.39, 0.29) is 17.1 Å². The van der Waals surface area contributed by atoms with Crippen LogP contribution in [0, 0.1) is 5.82 Å². The van der Waals surface area contributed by atoms with Gasteiger partial charge >= 0.3 is 6.18 Å². The van der Waals surface area contributed by atoms with Gasteiger partial charge in [-0.25, -0.2) is 9.07 Å². The molecule has 9 heteroatoms. The molecule has 0 radical (unpaired) electrons. The van der Waals surface area contributed by atoms with Gasteiger partial charge in [0.2, 0.25) is 0 Å². The van der Waals surface area contributed by atoms with Gasteiger partial charge in [0, 0.05) is 11.3 Å². The van der Waals surface area contributed by atoms with Crippen LogP contribution in [-0.2, 0) is 6.54 Å². The summed E-state index contributed by atoms with van der Waals surface area (Å²) in [5.74, 6) is -0.475. The topological polar surface area (TPSA) is 69.6 Å². The number of hydrogen-bond acceptors (Lipinski definition) is 4. The van der Waals surface area contributed by atoms with Crippen LogP contribution in [0.5, 0.6) is 0 Å². The zero-order valence-corrected chi connectivity index (χ0v) is 9.52. The summed E-state index contributed by atoms with van der Waals surface area (Å²) in [7, 11) is 0. The first-order chi connectivity index (χ1) is 8.87. The normalized spacial score (nSPS) is 11.8. The predicted molar refractivity (Wildman–Crippen MR) is 58.3 cm³/mol. The third-order valence-electron chi connectivity index (χ3n) is 2.39. The number of alkyl halides is 3. The molecule has 102 valence electrons. The first-order valence-corrected chi connectivity index (χ1v) is 5.25. The number of aromatic nitrogens is 4. The molecule has 1 aromatic carbocycles. The van der Waals surface area contributed by atoms with Gasteiger partial charge in [-0.2, -0.15) is 13.2 Å². The van der Waals surface area contributed by atoms with Gasteiger partial charge in [0.25, 0.3) is 0 Å². The number of anilines is 1. The van der Waals surface area contributed by atoms with E-state index in [4.69, 9.17) is 5.73 Å². The van der Waals surface area contributed by atoms with E-state index in [0.717, 1.165) is 16.8 Å². The van der Waals surface area contributed by atoms with Crippen LogP contribution < -0.4 is 5.73 Å². The maximum atomic E-state index is 12.9.